The van der Waals surface area contributed by atoms with Crippen LogP contribution in [-0.2, 0) is 11.2 Å². The van der Waals surface area contributed by atoms with Crippen LogP contribution in [0.25, 0.3) is 0 Å². The van der Waals surface area contributed by atoms with Crippen molar-refractivity contribution in [3.8, 4) is 17.6 Å². The van der Waals surface area contributed by atoms with Crippen LogP contribution >= 0.6 is 0 Å². The molecule has 3 rings (SSSR count). The molecule has 0 unspecified atom stereocenters. The number of likely N-dealkylation sites (tertiary alicyclic amines) is 1. The second-order valence-electron chi connectivity index (χ2n) is 7.77. The highest BCUT2D eigenvalue weighted by Gasteiger charge is 2.25. The minimum absolute atomic E-state index is 0.0957. The molecule has 6 nitrogen and oxygen atoms in total. The number of nitrogens with one attached hydrogen (secondary N) is 1. The maximum Gasteiger partial charge on any atom is 0.266 e. The third-order valence-corrected chi connectivity index (χ3v) is 5.55. The van der Waals surface area contributed by atoms with Crippen LogP contribution < -0.4 is 14.8 Å². The molecular formula is C26H31N3O3. The van der Waals surface area contributed by atoms with E-state index in [2.05, 4.69) is 29.6 Å². The number of rotatable bonds is 9. The topological polar surface area (TPSA) is 74.6 Å². The number of hydrogen-bond donors (Lipinski definition) is 1. The summed E-state index contributed by atoms with van der Waals surface area (Å²) >= 11 is 0. The van der Waals surface area contributed by atoms with Crippen molar-refractivity contribution in [2.45, 2.75) is 33.1 Å². The Labute approximate surface area is 190 Å². The predicted molar refractivity (Wildman–Crippen MR) is 126 cm³/mol. The monoisotopic (exact) mass is 433 g/mol. The van der Waals surface area contributed by atoms with Crippen molar-refractivity contribution in [2.75, 3.05) is 31.6 Å². The Morgan fingerprint density at radius 1 is 1.09 bits per heavy atom. The van der Waals surface area contributed by atoms with Crippen molar-refractivity contribution in [1.82, 2.24) is 4.90 Å². The summed E-state index contributed by atoms with van der Waals surface area (Å²) in [6, 6.07) is 17.9. The number of piperidine rings is 1. The summed E-state index contributed by atoms with van der Waals surface area (Å²) in [5, 5.41) is 12.6. The summed E-state index contributed by atoms with van der Waals surface area (Å²) in [6.07, 6.45) is 4.40. The fourth-order valence-corrected chi connectivity index (χ4v) is 3.90. The van der Waals surface area contributed by atoms with Gasteiger partial charge in [-0.1, -0.05) is 30.3 Å². The van der Waals surface area contributed by atoms with Crippen molar-refractivity contribution in [3.63, 3.8) is 0 Å². The molecule has 168 valence electrons. The first-order valence-corrected chi connectivity index (χ1v) is 11.2. The van der Waals surface area contributed by atoms with E-state index in [1.807, 2.05) is 38.1 Å². The number of anilines is 1. The van der Waals surface area contributed by atoms with Crippen LogP contribution in [0.5, 0.6) is 11.5 Å². The minimum atomic E-state index is -0.228. The molecule has 0 bridgehead atoms. The largest absolute Gasteiger partial charge is 0.490 e. The van der Waals surface area contributed by atoms with Gasteiger partial charge in [-0.25, -0.2) is 0 Å². The molecule has 1 fully saturated rings. The molecule has 2 aromatic rings. The minimum Gasteiger partial charge on any atom is -0.490 e. The molecule has 6 heteroatoms. The second-order valence-corrected chi connectivity index (χ2v) is 7.77. The van der Waals surface area contributed by atoms with E-state index in [1.54, 1.807) is 11.0 Å². The van der Waals surface area contributed by atoms with E-state index >= 15 is 0 Å². The average molecular weight is 434 g/mol. The standard InChI is InChI=1S/C26H31N3O3/c1-3-31-24-11-10-23(17-25(24)32-4-2)28-19-22(18-27)26(30)29-14-12-21(13-15-29)16-20-8-6-5-7-9-20/h5-11,17,19,21,28H,3-4,12-16H2,1-2H3/b22-19-. The third-order valence-electron chi connectivity index (χ3n) is 5.55. The lowest BCUT2D eigenvalue weighted by Gasteiger charge is -2.32. The van der Waals surface area contributed by atoms with Crippen LogP contribution in [0, 0.1) is 17.2 Å². The van der Waals surface area contributed by atoms with Gasteiger partial charge in [-0.05, 0) is 56.7 Å². The Morgan fingerprint density at radius 3 is 2.44 bits per heavy atom. The van der Waals surface area contributed by atoms with Gasteiger partial charge in [0.15, 0.2) is 11.5 Å². The lowest BCUT2D eigenvalue weighted by Crippen LogP contribution is -2.39. The van der Waals surface area contributed by atoms with Crippen LogP contribution in [0.1, 0.15) is 32.3 Å². The highest BCUT2D eigenvalue weighted by molar-refractivity contribution is 5.97. The summed E-state index contributed by atoms with van der Waals surface area (Å²) in [6.45, 7) is 6.23. The van der Waals surface area contributed by atoms with Gasteiger partial charge in [0, 0.05) is 31.0 Å². The number of nitriles is 1. The van der Waals surface area contributed by atoms with Gasteiger partial charge in [-0.3, -0.25) is 4.79 Å². The number of hydrogen-bond acceptors (Lipinski definition) is 5. The van der Waals surface area contributed by atoms with E-state index in [-0.39, 0.29) is 11.5 Å². The molecule has 1 saturated heterocycles. The van der Waals surface area contributed by atoms with Gasteiger partial charge in [0.25, 0.3) is 5.91 Å². The highest BCUT2D eigenvalue weighted by Crippen LogP contribution is 2.31. The molecule has 0 saturated carbocycles. The number of carbonyl (C=O) groups is 1. The molecule has 1 aliphatic rings. The molecule has 0 spiro atoms. The van der Waals surface area contributed by atoms with E-state index in [4.69, 9.17) is 9.47 Å². The Bertz CT molecular complexity index is 958. The Balaban J connectivity index is 1.59. The average Bonchev–Trinajstić information content (AvgIpc) is 2.82. The van der Waals surface area contributed by atoms with Gasteiger partial charge in [-0.15, -0.1) is 0 Å². The smallest absolute Gasteiger partial charge is 0.266 e. The Hall–Kier alpha value is -3.46. The zero-order valence-corrected chi connectivity index (χ0v) is 18.8. The fraction of sp³-hybridized carbons (Fsp3) is 0.385. The van der Waals surface area contributed by atoms with Gasteiger partial charge >= 0.3 is 0 Å². The third kappa shape index (κ3) is 6.27. The summed E-state index contributed by atoms with van der Waals surface area (Å²) in [4.78, 5) is 14.7. The highest BCUT2D eigenvalue weighted by atomic mass is 16.5. The van der Waals surface area contributed by atoms with Crippen LogP contribution in [-0.4, -0.2) is 37.1 Å². The molecule has 0 aliphatic carbocycles. The van der Waals surface area contributed by atoms with Crippen LogP contribution in [0.4, 0.5) is 5.69 Å². The van der Waals surface area contributed by atoms with Gasteiger partial charge in [0.1, 0.15) is 11.6 Å². The van der Waals surface area contributed by atoms with Crippen LogP contribution in [0.3, 0.4) is 0 Å². The maximum atomic E-state index is 12.9. The predicted octanol–water partition coefficient (Wildman–Crippen LogP) is 4.78. The lowest BCUT2D eigenvalue weighted by atomic mass is 9.90. The van der Waals surface area contributed by atoms with Crippen molar-refractivity contribution >= 4 is 11.6 Å². The van der Waals surface area contributed by atoms with Gasteiger partial charge < -0.3 is 19.7 Å². The molecule has 1 heterocycles. The maximum absolute atomic E-state index is 12.9. The summed E-state index contributed by atoms with van der Waals surface area (Å²) in [5.74, 6) is 1.63. The van der Waals surface area contributed by atoms with E-state index in [0.29, 0.717) is 43.7 Å². The molecule has 2 aromatic carbocycles. The summed E-state index contributed by atoms with van der Waals surface area (Å²) < 4.78 is 11.2. The molecule has 1 N–H and O–H groups in total. The van der Waals surface area contributed by atoms with Crippen molar-refractivity contribution in [3.05, 3.63) is 65.9 Å². The quantitative estimate of drug-likeness (QED) is 0.455. The van der Waals surface area contributed by atoms with Crippen LogP contribution in [0.2, 0.25) is 0 Å². The van der Waals surface area contributed by atoms with E-state index < -0.39 is 0 Å². The van der Waals surface area contributed by atoms with Crippen molar-refractivity contribution in [1.29, 1.82) is 5.26 Å². The molecule has 0 aromatic heterocycles. The first kappa shape index (κ1) is 23.2. The van der Waals surface area contributed by atoms with Gasteiger partial charge in [0.2, 0.25) is 0 Å². The zero-order chi connectivity index (χ0) is 22.8. The molecule has 32 heavy (non-hydrogen) atoms. The second kappa shape index (κ2) is 11.8. The van der Waals surface area contributed by atoms with Crippen molar-refractivity contribution in [2.24, 2.45) is 5.92 Å². The first-order valence-electron chi connectivity index (χ1n) is 11.2. The summed E-state index contributed by atoms with van der Waals surface area (Å²) in [5.41, 5.74) is 2.15. The zero-order valence-electron chi connectivity index (χ0n) is 18.8. The normalized spacial score (nSPS) is 14.5. The molecular weight excluding hydrogens is 402 g/mol. The number of nitrogens with zero attached hydrogens (tertiary/aromatic N) is 2. The number of carbonyl (C=O) groups excluding carboxylic acids is 1. The van der Waals surface area contributed by atoms with Crippen LogP contribution in [0.15, 0.2) is 60.3 Å². The molecule has 0 atom stereocenters. The SMILES string of the molecule is CCOc1ccc(N/C=C(/C#N)C(=O)N2CCC(Cc3ccccc3)CC2)cc1OCC. The fourth-order valence-electron chi connectivity index (χ4n) is 3.90. The molecule has 1 amide bonds. The number of amides is 1. The van der Waals surface area contributed by atoms with E-state index in [9.17, 15) is 10.1 Å². The molecule has 1 aliphatic heterocycles. The van der Waals surface area contributed by atoms with E-state index in [1.165, 1.54) is 11.8 Å². The molecule has 0 radical (unpaired) electrons. The summed E-state index contributed by atoms with van der Waals surface area (Å²) in [7, 11) is 0. The van der Waals surface area contributed by atoms with E-state index in [0.717, 1.165) is 24.9 Å². The number of benzene rings is 2. The van der Waals surface area contributed by atoms with Crippen molar-refractivity contribution < 1.29 is 14.3 Å². The Morgan fingerprint density at radius 2 is 1.78 bits per heavy atom. The lowest BCUT2D eigenvalue weighted by molar-refractivity contribution is -0.128. The Kier molecular flexibility index (Phi) is 8.56. The van der Waals surface area contributed by atoms with Gasteiger partial charge in [-0.2, -0.15) is 5.26 Å². The first-order chi connectivity index (χ1) is 15.6. The van der Waals surface area contributed by atoms with Gasteiger partial charge in [0.05, 0.1) is 13.2 Å². The number of ether oxygens (including phenoxy) is 2.